The van der Waals surface area contributed by atoms with Crippen LogP contribution in [-0.4, -0.2) is 41.9 Å². The number of ether oxygens (including phenoxy) is 1. The summed E-state index contributed by atoms with van der Waals surface area (Å²) in [5.41, 5.74) is 1.31. The third-order valence-electron chi connectivity index (χ3n) is 3.47. The van der Waals surface area contributed by atoms with E-state index < -0.39 is 0 Å². The van der Waals surface area contributed by atoms with E-state index in [1.165, 1.54) is 11.0 Å². The van der Waals surface area contributed by atoms with Crippen LogP contribution >= 0.6 is 0 Å². The zero-order valence-corrected chi connectivity index (χ0v) is 14.3. The normalized spacial score (nSPS) is 10.5. The SMILES string of the molecule is CCN(CC(=O)Nc1cccc(OC)c1)C(=O)C=Cc1ccccn1. The van der Waals surface area contributed by atoms with E-state index in [1.54, 1.807) is 55.8 Å². The van der Waals surface area contributed by atoms with E-state index in [9.17, 15) is 9.59 Å². The Hall–Kier alpha value is -3.15. The number of nitrogens with zero attached hydrogens (tertiary/aromatic N) is 2. The molecule has 0 saturated carbocycles. The summed E-state index contributed by atoms with van der Waals surface area (Å²) < 4.78 is 5.12. The fourth-order valence-corrected chi connectivity index (χ4v) is 2.16. The molecule has 0 spiro atoms. The van der Waals surface area contributed by atoms with E-state index in [0.29, 0.717) is 23.7 Å². The Labute approximate surface area is 147 Å². The maximum atomic E-state index is 12.2. The Morgan fingerprint density at radius 3 is 2.76 bits per heavy atom. The molecule has 0 saturated heterocycles. The molecule has 0 aliphatic heterocycles. The Morgan fingerprint density at radius 2 is 2.08 bits per heavy atom. The van der Waals surface area contributed by atoms with Crippen LogP contribution in [0.4, 0.5) is 5.69 Å². The zero-order chi connectivity index (χ0) is 18.1. The number of rotatable bonds is 7. The molecule has 0 bridgehead atoms. The van der Waals surface area contributed by atoms with Crippen molar-refractivity contribution in [2.75, 3.05) is 25.5 Å². The summed E-state index contributed by atoms with van der Waals surface area (Å²) in [5, 5.41) is 2.76. The molecule has 1 heterocycles. The van der Waals surface area contributed by atoms with Gasteiger partial charge in [0.2, 0.25) is 11.8 Å². The lowest BCUT2D eigenvalue weighted by Crippen LogP contribution is -2.36. The third-order valence-corrected chi connectivity index (χ3v) is 3.47. The molecule has 2 amide bonds. The van der Waals surface area contributed by atoms with Crippen LogP contribution in [0.25, 0.3) is 6.08 Å². The number of hydrogen-bond donors (Lipinski definition) is 1. The first-order valence-corrected chi connectivity index (χ1v) is 7.94. The van der Waals surface area contributed by atoms with Crippen molar-refractivity contribution in [3.05, 3.63) is 60.4 Å². The molecule has 25 heavy (non-hydrogen) atoms. The quantitative estimate of drug-likeness (QED) is 0.787. The molecule has 0 aliphatic carbocycles. The molecule has 6 heteroatoms. The van der Waals surface area contributed by atoms with Gasteiger partial charge in [-0.1, -0.05) is 12.1 Å². The van der Waals surface area contributed by atoms with Crippen LogP contribution < -0.4 is 10.1 Å². The van der Waals surface area contributed by atoms with Crippen LogP contribution in [0.1, 0.15) is 12.6 Å². The van der Waals surface area contributed by atoms with Gasteiger partial charge in [0.15, 0.2) is 0 Å². The fourth-order valence-electron chi connectivity index (χ4n) is 2.16. The molecule has 1 N–H and O–H groups in total. The van der Waals surface area contributed by atoms with Gasteiger partial charge in [-0.25, -0.2) is 0 Å². The summed E-state index contributed by atoms with van der Waals surface area (Å²) >= 11 is 0. The topological polar surface area (TPSA) is 71.5 Å². The van der Waals surface area contributed by atoms with E-state index in [1.807, 2.05) is 13.0 Å². The number of nitrogens with one attached hydrogen (secondary N) is 1. The van der Waals surface area contributed by atoms with Crippen LogP contribution in [0, 0.1) is 0 Å². The molecule has 1 aromatic carbocycles. The Balaban J connectivity index is 1.94. The second-order valence-electron chi connectivity index (χ2n) is 5.22. The van der Waals surface area contributed by atoms with Gasteiger partial charge in [-0.15, -0.1) is 0 Å². The highest BCUT2D eigenvalue weighted by atomic mass is 16.5. The Kier molecular flexibility index (Phi) is 6.71. The van der Waals surface area contributed by atoms with Gasteiger partial charge in [-0.2, -0.15) is 0 Å². The monoisotopic (exact) mass is 339 g/mol. The largest absolute Gasteiger partial charge is 0.497 e. The molecule has 2 rings (SSSR count). The summed E-state index contributed by atoms with van der Waals surface area (Å²) in [4.78, 5) is 30.0. The summed E-state index contributed by atoms with van der Waals surface area (Å²) in [7, 11) is 1.56. The van der Waals surface area contributed by atoms with E-state index in [4.69, 9.17) is 4.74 Å². The van der Waals surface area contributed by atoms with Crippen molar-refractivity contribution < 1.29 is 14.3 Å². The molecule has 2 aromatic rings. The lowest BCUT2D eigenvalue weighted by atomic mass is 10.3. The van der Waals surface area contributed by atoms with Crippen LogP contribution in [0.15, 0.2) is 54.7 Å². The van der Waals surface area contributed by atoms with Crippen molar-refractivity contribution in [1.82, 2.24) is 9.88 Å². The van der Waals surface area contributed by atoms with E-state index in [0.717, 1.165) is 0 Å². The highest BCUT2D eigenvalue weighted by Gasteiger charge is 2.13. The molecule has 1 aromatic heterocycles. The van der Waals surface area contributed by atoms with Gasteiger partial charge < -0.3 is 15.0 Å². The standard InChI is InChI=1S/C19H21N3O3/c1-3-22(19(24)11-10-15-7-4-5-12-20-15)14-18(23)21-16-8-6-9-17(13-16)25-2/h4-13H,3,14H2,1-2H3,(H,21,23). The first-order valence-electron chi connectivity index (χ1n) is 7.94. The molecule has 130 valence electrons. The molecular weight excluding hydrogens is 318 g/mol. The zero-order valence-electron chi connectivity index (χ0n) is 14.3. The molecule has 0 unspecified atom stereocenters. The number of carbonyl (C=O) groups excluding carboxylic acids is 2. The van der Waals surface area contributed by atoms with Crippen molar-refractivity contribution >= 4 is 23.6 Å². The fraction of sp³-hybridized carbons (Fsp3) is 0.211. The number of benzene rings is 1. The maximum Gasteiger partial charge on any atom is 0.247 e. The maximum absolute atomic E-state index is 12.2. The van der Waals surface area contributed by atoms with Crippen molar-refractivity contribution in [2.24, 2.45) is 0 Å². The van der Waals surface area contributed by atoms with Crippen LogP contribution in [-0.2, 0) is 9.59 Å². The van der Waals surface area contributed by atoms with Gasteiger partial charge in [-0.05, 0) is 37.3 Å². The second-order valence-corrected chi connectivity index (χ2v) is 5.22. The predicted octanol–water partition coefficient (Wildman–Crippen LogP) is 2.59. The minimum atomic E-state index is -0.269. The summed E-state index contributed by atoms with van der Waals surface area (Å²) in [6.07, 6.45) is 4.71. The second kappa shape index (κ2) is 9.22. The Morgan fingerprint density at radius 1 is 1.24 bits per heavy atom. The van der Waals surface area contributed by atoms with Gasteiger partial charge >= 0.3 is 0 Å². The number of anilines is 1. The van der Waals surface area contributed by atoms with Crippen LogP contribution in [0.3, 0.4) is 0 Å². The Bertz CT molecular complexity index is 745. The van der Waals surface area contributed by atoms with Gasteiger partial charge in [-0.3, -0.25) is 14.6 Å². The van der Waals surface area contributed by atoms with Crippen LogP contribution in [0.2, 0.25) is 0 Å². The number of hydrogen-bond acceptors (Lipinski definition) is 4. The predicted molar refractivity (Wildman–Crippen MR) is 97.1 cm³/mol. The van der Waals surface area contributed by atoms with Gasteiger partial charge in [0, 0.05) is 30.6 Å². The summed E-state index contributed by atoms with van der Waals surface area (Å²) in [6, 6.07) is 12.5. The molecular formula is C19H21N3O3. The molecule has 0 aliphatic rings. The summed E-state index contributed by atoms with van der Waals surface area (Å²) in [5.74, 6) is 0.142. The minimum absolute atomic E-state index is 0.0287. The third kappa shape index (κ3) is 5.76. The number of pyridine rings is 1. The molecule has 6 nitrogen and oxygen atoms in total. The van der Waals surface area contributed by atoms with Crippen molar-refractivity contribution in [3.63, 3.8) is 0 Å². The molecule has 0 atom stereocenters. The van der Waals surface area contributed by atoms with E-state index in [-0.39, 0.29) is 18.4 Å². The van der Waals surface area contributed by atoms with E-state index in [2.05, 4.69) is 10.3 Å². The first kappa shape index (κ1) is 18.2. The van der Waals surface area contributed by atoms with Crippen LogP contribution in [0.5, 0.6) is 5.75 Å². The molecule has 0 radical (unpaired) electrons. The van der Waals surface area contributed by atoms with Crippen molar-refractivity contribution in [1.29, 1.82) is 0 Å². The molecule has 0 fully saturated rings. The first-order chi connectivity index (χ1) is 12.1. The number of amides is 2. The van der Waals surface area contributed by atoms with Crippen molar-refractivity contribution in [2.45, 2.75) is 6.92 Å². The lowest BCUT2D eigenvalue weighted by Gasteiger charge is -2.18. The number of methoxy groups -OCH3 is 1. The average molecular weight is 339 g/mol. The highest BCUT2D eigenvalue weighted by Crippen LogP contribution is 2.16. The van der Waals surface area contributed by atoms with Crippen molar-refractivity contribution in [3.8, 4) is 5.75 Å². The van der Waals surface area contributed by atoms with Gasteiger partial charge in [0.25, 0.3) is 0 Å². The number of carbonyl (C=O) groups is 2. The van der Waals surface area contributed by atoms with E-state index >= 15 is 0 Å². The average Bonchev–Trinajstić information content (AvgIpc) is 2.65. The number of likely N-dealkylation sites (N-methyl/N-ethyl adjacent to an activating group) is 1. The number of aromatic nitrogens is 1. The lowest BCUT2D eigenvalue weighted by molar-refractivity contribution is -0.130. The van der Waals surface area contributed by atoms with Gasteiger partial charge in [0.05, 0.1) is 12.8 Å². The summed E-state index contributed by atoms with van der Waals surface area (Å²) in [6.45, 7) is 2.22. The minimum Gasteiger partial charge on any atom is -0.497 e. The highest BCUT2D eigenvalue weighted by molar-refractivity contribution is 5.98. The smallest absolute Gasteiger partial charge is 0.247 e. The van der Waals surface area contributed by atoms with Gasteiger partial charge in [0.1, 0.15) is 12.3 Å².